The Balaban J connectivity index is 1.15. The van der Waals surface area contributed by atoms with Gasteiger partial charge in [-0.15, -0.1) is 0 Å². The van der Waals surface area contributed by atoms with Crippen molar-refractivity contribution in [1.82, 2.24) is 9.88 Å². The lowest BCUT2D eigenvalue weighted by molar-refractivity contribution is -0.147. The highest BCUT2D eigenvalue weighted by molar-refractivity contribution is 5.78. The van der Waals surface area contributed by atoms with Gasteiger partial charge in [0.2, 0.25) is 0 Å². The van der Waals surface area contributed by atoms with Crippen molar-refractivity contribution in [2.45, 2.75) is 76.0 Å². The Labute approximate surface area is 225 Å². The summed E-state index contributed by atoms with van der Waals surface area (Å²) in [6.45, 7) is 3.59. The summed E-state index contributed by atoms with van der Waals surface area (Å²) in [6, 6.07) is 8.65. The van der Waals surface area contributed by atoms with Crippen LogP contribution in [0.1, 0.15) is 79.5 Å². The van der Waals surface area contributed by atoms with E-state index in [0.717, 1.165) is 69.4 Å². The van der Waals surface area contributed by atoms with E-state index in [2.05, 4.69) is 22.3 Å². The molecule has 1 aromatic heterocycles. The number of carbonyl (C=O) groups is 1. The number of likely N-dealkylation sites (tertiary alicyclic amines) is 1. The van der Waals surface area contributed by atoms with Gasteiger partial charge in [-0.05, 0) is 81.0 Å². The fourth-order valence-corrected chi connectivity index (χ4v) is 5.98. The Hall–Kier alpha value is -2.55. The van der Waals surface area contributed by atoms with Crippen molar-refractivity contribution < 1.29 is 23.4 Å². The quantitative estimate of drug-likeness (QED) is 0.340. The molecule has 38 heavy (non-hydrogen) atoms. The Morgan fingerprint density at radius 1 is 1.21 bits per heavy atom. The highest BCUT2D eigenvalue weighted by Gasteiger charge is 2.38. The molecule has 2 aromatic rings. The normalized spacial score (nSPS) is 22.5. The van der Waals surface area contributed by atoms with Gasteiger partial charge in [0.15, 0.2) is 0 Å². The van der Waals surface area contributed by atoms with Crippen LogP contribution >= 0.6 is 0 Å². The van der Waals surface area contributed by atoms with Crippen LogP contribution in [-0.2, 0) is 31.8 Å². The molecule has 0 aliphatic carbocycles. The summed E-state index contributed by atoms with van der Waals surface area (Å²) in [4.78, 5) is 19.8. The number of esters is 1. The molecule has 0 radical (unpaired) electrons. The lowest BCUT2D eigenvalue weighted by Gasteiger charge is -2.31. The third kappa shape index (κ3) is 6.35. The van der Waals surface area contributed by atoms with E-state index in [1.807, 2.05) is 6.07 Å². The van der Waals surface area contributed by atoms with Crippen LogP contribution < -0.4 is 5.32 Å². The highest BCUT2D eigenvalue weighted by atomic mass is 19.1. The standard InChI is InChI=1S/C30H40FN3O4/c1-36-30(35)28(24-10-6-11-25(31)27(24)26-12-3-5-19-38-26)34-17-15-23(20-34)37-18-4-2-9-22-14-13-21-8-7-16-32-29(21)33-22/h6,10-11,13-14,23,26,28H,2-5,7-9,12,15-20H2,1H3,(H,32,33). The molecule has 3 aliphatic heterocycles. The smallest absolute Gasteiger partial charge is 0.327 e. The number of unbranched alkanes of at least 4 members (excludes halogenated alkanes) is 1. The number of ether oxygens (including phenoxy) is 3. The number of aryl methyl sites for hydroxylation is 2. The van der Waals surface area contributed by atoms with Gasteiger partial charge < -0.3 is 19.5 Å². The molecule has 3 aliphatic rings. The number of carbonyl (C=O) groups excluding carboxylic acids is 1. The number of hydrogen-bond acceptors (Lipinski definition) is 7. The van der Waals surface area contributed by atoms with Crippen molar-refractivity contribution in [2.75, 3.05) is 45.3 Å². The Morgan fingerprint density at radius 3 is 2.97 bits per heavy atom. The number of rotatable bonds is 10. The van der Waals surface area contributed by atoms with E-state index in [0.29, 0.717) is 37.4 Å². The molecule has 3 unspecified atom stereocenters. The number of benzene rings is 1. The lowest BCUT2D eigenvalue weighted by atomic mass is 9.91. The van der Waals surface area contributed by atoms with Gasteiger partial charge in [0.25, 0.3) is 0 Å². The maximum Gasteiger partial charge on any atom is 0.327 e. The first kappa shape index (κ1) is 27.0. The molecule has 2 saturated heterocycles. The predicted octanol–water partition coefficient (Wildman–Crippen LogP) is 5.15. The number of aromatic nitrogens is 1. The van der Waals surface area contributed by atoms with E-state index in [1.165, 1.54) is 25.2 Å². The Morgan fingerprint density at radius 2 is 2.13 bits per heavy atom. The second-order valence-electron chi connectivity index (χ2n) is 10.6. The molecule has 0 amide bonds. The Bertz CT molecular complexity index is 1090. The summed E-state index contributed by atoms with van der Waals surface area (Å²) in [6.07, 6.45) is 8.44. The lowest BCUT2D eigenvalue weighted by Crippen LogP contribution is -2.35. The minimum Gasteiger partial charge on any atom is -0.468 e. The van der Waals surface area contributed by atoms with E-state index in [4.69, 9.17) is 19.2 Å². The van der Waals surface area contributed by atoms with Crippen LogP contribution in [0.2, 0.25) is 0 Å². The first-order chi connectivity index (χ1) is 18.6. The molecule has 1 aromatic carbocycles. The van der Waals surface area contributed by atoms with E-state index < -0.39 is 6.04 Å². The maximum atomic E-state index is 15.1. The first-order valence-corrected chi connectivity index (χ1v) is 14.2. The minimum absolute atomic E-state index is 0.0381. The minimum atomic E-state index is -0.673. The van der Waals surface area contributed by atoms with Crippen molar-refractivity contribution in [3.05, 3.63) is 58.5 Å². The monoisotopic (exact) mass is 525 g/mol. The molecule has 1 N–H and O–H groups in total. The van der Waals surface area contributed by atoms with E-state index in [1.54, 1.807) is 6.07 Å². The third-order valence-electron chi connectivity index (χ3n) is 7.98. The zero-order chi connectivity index (χ0) is 26.3. The molecular weight excluding hydrogens is 485 g/mol. The fraction of sp³-hybridized carbons (Fsp3) is 0.600. The summed E-state index contributed by atoms with van der Waals surface area (Å²) in [5.41, 5.74) is 3.59. The van der Waals surface area contributed by atoms with Crippen LogP contribution in [0.4, 0.5) is 10.2 Å². The molecule has 0 spiro atoms. The number of nitrogens with zero attached hydrogens (tertiary/aromatic N) is 2. The summed E-state index contributed by atoms with van der Waals surface area (Å²) >= 11 is 0. The summed E-state index contributed by atoms with van der Waals surface area (Å²) in [7, 11) is 1.39. The van der Waals surface area contributed by atoms with E-state index >= 15 is 4.39 Å². The largest absolute Gasteiger partial charge is 0.468 e. The van der Waals surface area contributed by atoms with Crippen LogP contribution in [0.15, 0.2) is 30.3 Å². The van der Waals surface area contributed by atoms with Gasteiger partial charge in [0, 0.05) is 44.1 Å². The average Bonchev–Trinajstić information content (AvgIpc) is 3.41. The number of fused-ring (bicyclic) bond motifs is 1. The molecule has 5 rings (SSSR count). The van der Waals surface area contributed by atoms with Crippen LogP contribution in [0.5, 0.6) is 0 Å². The second kappa shape index (κ2) is 13.0. The van der Waals surface area contributed by atoms with E-state index in [9.17, 15) is 4.79 Å². The first-order valence-electron chi connectivity index (χ1n) is 14.2. The number of pyridine rings is 1. The number of hydrogen-bond donors (Lipinski definition) is 1. The highest BCUT2D eigenvalue weighted by Crippen LogP contribution is 2.38. The molecular formula is C30H40FN3O4. The van der Waals surface area contributed by atoms with Crippen LogP contribution in [0.3, 0.4) is 0 Å². The molecule has 4 heterocycles. The zero-order valence-corrected chi connectivity index (χ0v) is 22.4. The topological polar surface area (TPSA) is 72.9 Å². The van der Waals surface area contributed by atoms with Gasteiger partial charge in [-0.25, -0.2) is 14.2 Å². The van der Waals surface area contributed by atoms with Crippen molar-refractivity contribution in [2.24, 2.45) is 0 Å². The Kier molecular flexibility index (Phi) is 9.25. The fourth-order valence-electron chi connectivity index (χ4n) is 5.98. The van der Waals surface area contributed by atoms with Crippen LogP contribution in [-0.4, -0.2) is 61.9 Å². The molecule has 0 bridgehead atoms. The number of halogens is 1. The maximum absolute atomic E-state index is 15.1. The number of nitrogens with one attached hydrogen (secondary N) is 1. The molecule has 2 fully saturated rings. The molecule has 3 atom stereocenters. The van der Waals surface area contributed by atoms with Gasteiger partial charge in [-0.1, -0.05) is 18.2 Å². The summed E-state index contributed by atoms with van der Waals surface area (Å²) < 4.78 is 32.4. The van der Waals surface area contributed by atoms with Gasteiger partial charge in [-0.3, -0.25) is 4.90 Å². The van der Waals surface area contributed by atoms with Gasteiger partial charge >= 0.3 is 5.97 Å². The predicted molar refractivity (Wildman–Crippen MR) is 144 cm³/mol. The number of methoxy groups -OCH3 is 1. The van der Waals surface area contributed by atoms with Crippen LogP contribution in [0.25, 0.3) is 0 Å². The summed E-state index contributed by atoms with van der Waals surface area (Å²) in [5.74, 6) is 0.354. The van der Waals surface area contributed by atoms with E-state index in [-0.39, 0.29) is 24.0 Å². The molecule has 8 heteroatoms. The zero-order valence-electron chi connectivity index (χ0n) is 22.4. The molecule has 7 nitrogen and oxygen atoms in total. The average molecular weight is 526 g/mol. The van der Waals surface area contributed by atoms with Crippen molar-refractivity contribution in [3.63, 3.8) is 0 Å². The SMILES string of the molecule is COC(=O)C(c1cccc(F)c1C1CCCCO1)N1CCC(OCCCCc2ccc3c(n2)NCCC3)C1. The molecule has 206 valence electrons. The number of anilines is 1. The third-order valence-corrected chi connectivity index (χ3v) is 7.98. The second-order valence-corrected chi connectivity index (χ2v) is 10.6. The van der Waals surface area contributed by atoms with Crippen LogP contribution in [0, 0.1) is 5.82 Å². The van der Waals surface area contributed by atoms with Gasteiger partial charge in [-0.2, -0.15) is 0 Å². The van der Waals surface area contributed by atoms with Crippen molar-refractivity contribution in [1.29, 1.82) is 0 Å². The summed E-state index contributed by atoms with van der Waals surface area (Å²) in [5, 5.41) is 3.40. The van der Waals surface area contributed by atoms with Gasteiger partial charge in [0.1, 0.15) is 17.7 Å². The van der Waals surface area contributed by atoms with Crippen molar-refractivity contribution in [3.8, 4) is 0 Å². The molecule has 0 saturated carbocycles. The van der Waals surface area contributed by atoms with Crippen molar-refractivity contribution >= 4 is 11.8 Å². The van der Waals surface area contributed by atoms with Gasteiger partial charge in [0.05, 0.1) is 19.3 Å².